The number of ether oxygens (including phenoxy) is 1. The molecule has 1 aromatic heterocycles. The van der Waals surface area contributed by atoms with Gasteiger partial charge in [-0.25, -0.2) is 0 Å². The normalized spacial score (nSPS) is 25.2. The molecule has 0 bridgehead atoms. The topological polar surface area (TPSA) is 37.6 Å². The van der Waals surface area contributed by atoms with Crippen molar-refractivity contribution in [2.24, 2.45) is 0 Å². The summed E-state index contributed by atoms with van der Waals surface area (Å²) < 4.78 is 11.2. The largest absolute Gasteiger partial charge is 0.472 e. The van der Waals surface area contributed by atoms with Crippen molar-refractivity contribution in [2.45, 2.75) is 25.0 Å². The van der Waals surface area contributed by atoms with Crippen LogP contribution in [0.15, 0.2) is 23.0 Å². The Bertz CT molecular complexity index is 339. The summed E-state index contributed by atoms with van der Waals surface area (Å²) >= 11 is 0. The molecule has 1 N–H and O–H groups in total. The van der Waals surface area contributed by atoms with E-state index >= 15 is 0 Å². The van der Waals surface area contributed by atoms with Gasteiger partial charge in [-0.2, -0.15) is 0 Å². The Labute approximate surface area is 102 Å². The van der Waals surface area contributed by atoms with E-state index in [0.717, 1.165) is 52.2 Å². The minimum atomic E-state index is 0.104. The third-order valence-corrected chi connectivity index (χ3v) is 3.83. The molecular formula is C13H20N2O2. The highest BCUT2D eigenvalue weighted by atomic mass is 16.5. The third-order valence-electron chi connectivity index (χ3n) is 3.83. The van der Waals surface area contributed by atoms with Crippen molar-refractivity contribution in [3.63, 3.8) is 0 Å². The van der Waals surface area contributed by atoms with Gasteiger partial charge in [-0.3, -0.25) is 4.90 Å². The molecule has 2 aliphatic heterocycles. The minimum Gasteiger partial charge on any atom is -0.472 e. The number of hydrogen-bond acceptors (Lipinski definition) is 4. The number of furan rings is 1. The van der Waals surface area contributed by atoms with Crippen LogP contribution in [0.4, 0.5) is 0 Å². The lowest BCUT2D eigenvalue weighted by molar-refractivity contribution is -0.125. The van der Waals surface area contributed by atoms with E-state index < -0.39 is 0 Å². The quantitative estimate of drug-likeness (QED) is 0.838. The van der Waals surface area contributed by atoms with Gasteiger partial charge in [0.05, 0.1) is 24.7 Å². The second-order valence-electron chi connectivity index (χ2n) is 5.12. The molecule has 0 atom stereocenters. The Hall–Kier alpha value is -0.840. The van der Waals surface area contributed by atoms with Crippen LogP contribution in [0.3, 0.4) is 0 Å². The zero-order chi connectivity index (χ0) is 11.6. The van der Waals surface area contributed by atoms with Gasteiger partial charge in [-0.15, -0.1) is 0 Å². The lowest BCUT2D eigenvalue weighted by atomic mass is 9.90. The Kier molecular flexibility index (Phi) is 3.18. The van der Waals surface area contributed by atoms with E-state index in [9.17, 15) is 0 Å². The van der Waals surface area contributed by atoms with Crippen molar-refractivity contribution in [3.05, 3.63) is 24.2 Å². The van der Waals surface area contributed by atoms with Crippen LogP contribution in [0, 0.1) is 0 Å². The number of hydrogen-bond donors (Lipinski definition) is 1. The first kappa shape index (κ1) is 11.3. The standard InChI is InChI=1S/C13H20N2O2/c1-7-16-10-12(1)9-15-6-8-17-13(11-15)2-4-14-5-3-13/h1,7,10,14H,2-6,8-9,11H2. The van der Waals surface area contributed by atoms with Crippen LogP contribution in [0.1, 0.15) is 18.4 Å². The van der Waals surface area contributed by atoms with Crippen LogP contribution in [-0.4, -0.2) is 43.3 Å². The molecule has 1 aromatic rings. The first-order chi connectivity index (χ1) is 8.36. The molecule has 3 heterocycles. The average Bonchev–Trinajstić information content (AvgIpc) is 2.83. The summed E-state index contributed by atoms with van der Waals surface area (Å²) in [5.74, 6) is 0. The summed E-state index contributed by atoms with van der Waals surface area (Å²) in [7, 11) is 0. The number of piperidine rings is 1. The van der Waals surface area contributed by atoms with E-state index in [2.05, 4.69) is 10.2 Å². The molecule has 2 fully saturated rings. The van der Waals surface area contributed by atoms with E-state index in [1.807, 2.05) is 12.3 Å². The lowest BCUT2D eigenvalue weighted by Crippen LogP contribution is -2.55. The van der Waals surface area contributed by atoms with Crippen molar-refractivity contribution in [1.82, 2.24) is 10.2 Å². The Morgan fingerprint density at radius 1 is 1.35 bits per heavy atom. The molecule has 94 valence electrons. The molecule has 0 aliphatic carbocycles. The smallest absolute Gasteiger partial charge is 0.0947 e. The molecule has 0 radical (unpaired) electrons. The van der Waals surface area contributed by atoms with Gasteiger partial charge < -0.3 is 14.5 Å². The van der Waals surface area contributed by atoms with Crippen LogP contribution >= 0.6 is 0 Å². The summed E-state index contributed by atoms with van der Waals surface area (Å²) in [4.78, 5) is 2.49. The molecule has 4 nitrogen and oxygen atoms in total. The van der Waals surface area contributed by atoms with Crippen LogP contribution in [-0.2, 0) is 11.3 Å². The summed E-state index contributed by atoms with van der Waals surface area (Å²) in [6.07, 6.45) is 5.85. The summed E-state index contributed by atoms with van der Waals surface area (Å²) in [6, 6.07) is 2.05. The molecule has 17 heavy (non-hydrogen) atoms. The number of morpholine rings is 1. The highest BCUT2D eigenvalue weighted by Gasteiger charge is 2.37. The van der Waals surface area contributed by atoms with E-state index in [0.29, 0.717) is 0 Å². The van der Waals surface area contributed by atoms with Crippen molar-refractivity contribution in [2.75, 3.05) is 32.8 Å². The van der Waals surface area contributed by atoms with Crippen LogP contribution in [0.25, 0.3) is 0 Å². The Morgan fingerprint density at radius 2 is 2.24 bits per heavy atom. The number of nitrogens with one attached hydrogen (secondary N) is 1. The van der Waals surface area contributed by atoms with E-state index in [1.165, 1.54) is 5.56 Å². The molecule has 1 spiro atoms. The van der Waals surface area contributed by atoms with Crippen LogP contribution in [0.5, 0.6) is 0 Å². The third kappa shape index (κ3) is 2.54. The SMILES string of the molecule is c1cc(CN2CCOC3(CCNCC3)C2)co1. The van der Waals surface area contributed by atoms with Crippen molar-refractivity contribution in [1.29, 1.82) is 0 Å². The molecule has 0 amide bonds. The average molecular weight is 236 g/mol. The van der Waals surface area contributed by atoms with Gasteiger partial charge in [0, 0.05) is 25.2 Å². The number of rotatable bonds is 2. The maximum atomic E-state index is 6.05. The predicted octanol–water partition coefficient (Wildman–Crippen LogP) is 1.23. The maximum Gasteiger partial charge on any atom is 0.0947 e. The highest BCUT2D eigenvalue weighted by molar-refractivity contribution is 5.05. The van der Waals surface area contributed by atoms with Crippen LogP contribution in [0.2, 0.25) is 0 Å². The van der Waals surface area contributed by atoms with E-state index in [1.54, 1.807) is 6.26 Å². The van der Waals surface area contributed by atoms with Crippen LogP contribution < -0.4 is 5.32 Å². The second-order valence-corrected chi connectivity index (χ2v) is 5.12. The van der Waals surface area contributed by atoms with Gasteiger partial charge in [0.2, 0.25) is 0 Å². The molecule has 2 aliphatic rings. The minimum absolute atomic E-state index is 0.104. The Morgan fingerprint density at radius 3 is 3.00 bits per heavy atom. The first-order valence-electron chi connectivity index (χ1n) is 6.44. The lowest BCUT2D eigenvalue weighted by Gasteiger charge is -2.45. The zero-order valence-corrected chi connectivity index (χ0v) is 10.2. The predicted molar refractivity (Wildman–Crippen MR) is 64.8 cm³/mol. The van der Waals surface area contributed by atoms with Gasteiger partial charge in [0.1, 0.15) is 0 Å². The van der Waals surface area contributed by atoms with E-state index in [4.69, 9.17) is 9.15 Å². The fourth-order valence-electron chi connectivity index (χ4n) is 2.88. The monoisotopic (exact) mass is 236 g/mol. The van der Waals surface area contributed by atoms with Crippen molar-refractivity contribution >= 4 is 0 Å². The van der Waals surface area contributed by atoms with E-state index in [-0.39, 0.29) is 5.60 Å². The fraction of sp³-hybridized carbons (Fsp3) is 0.692. The summed E-state index contributed by atoms with van der Waals surface area (Å²) in [6.45, 7) is 6.09. The van der Waals surface area contributed by atoms with Crippen molar-refractivity contribution < 1.29 is 9.15 Å². The second kappa shape index (κ2) is 4.80. The van der Waals surface area contributed by atoms with Gasteiger partial charge in [0.25, 0.3) is 0 Å². The molecule has 0 saturated carbocycles. The summed E-state index contributed by atoms with van der Waals surface area (Å²) in [5, 5.41) is 3.40. The Balaban J connectivity index is 1.62. The maximum absolute atomic E-state index is 6.05. The van der Waals surface area contributed by atoms with Gasteiger partial charge in [-0.1, -0.05) is 0 Å². The molecular weight excluding hydrogens is 216 g/mol. The summed E-state index contributed by atoms with van der Waals surface area (Å²) in [5.41, 5.74) is 1.36. The molecule has 3 rings (SSSR count). The highest BCUT2D eigenvalue weighted by Crippen LogP contribution is 2.28. The molecule has 2 saturated heterocycles. The van der Waals surface area contributed by atoms with Gasteiger partial charge >= 0.3 is 0 Å². The molecule has 0 unspecified atom stereocenters. The zero-order valence-electron chi connectivity index (χ0n) is 10.2. The van der Waals surface area contributed by atoms with Gasteiger partial charge in [0.15, 0.2) is 0 Å². The number of nitrogens with zero attached hydrogens (tertiary/aromatic N) is 1. The van der Waals surface area contributed by atoms with Gasteiger partial charge in [-0.05, 0) is 32.0 Å². The fourth-order valence-corrected chi connectivity index (χ4v) is 2.88. The van der Waals surface area contributed by atoms with Crippen molar-refractivity contribution in [3.8, 4) is 0 Å². The first-order valence-corrected chi connectivity index (χ1v) is 6.44. The molecule has 4 heteroatoms. The molecule has 0 aromatic carbocycles.